The molecule has 1 saturated heterocycles. The fourth-order valence-corrected chi connectivity index (χ4v) is 7.28. The molecule has 2 N–H and O–H groups in total. The van der Waals surface area contributed by atoms with Gasteiger partial charge in [-0.25, -0.2) is 18.1 Å². The fraction of sp³-hybridized carbons (Fsp3) is 0.273. The van der Waals surface area contributed by atoms with Gasteiger partial charge in [-0.3, -0.25) is 9.69 Å². The zero-order valence-corrected chi connectivity index (χ0v) is 19.6. The van der Waals surface area contributed by atoms with Gasteiger partial charge in [0.1, 0.15) is 14.9 Å². The summed E-state index contributed by atoms with van der Waals surface area (Å²) in [5.41, 5.74) is 0.950. The number of aromatic amines is 1. The summed E-state index contributed by atoms with van der Waals surface area (Å²) < 4.78 is 28.0. The standard InChI is InChI=1S/C22H22N4O3S3/c27-21-17-13-18(15-5-2-1-3-6-15)31-22(17)24-19(23-21)14-26-10-8-16(9-11-26)25-32(28,29)20-7-4-12-30-20/h1-7,12-13,16,25H,8-11,14H2,(H,23,24,27). The average molecular weight is 487 g/mol. The number of piperidine rings is 1. The van der Waals surface area contributed by atoms with Gasteiger partial charge in [-0.15, -0.1) is 22.7 Å². The fourth-order valence-electron chi connectivity index (χ4n) is 3.91. The number of rotatable bonds is 6. The van der Waals surface area contributed by atoms with Crippen LogP contribution in [0.15, 0.2) is 62.9 Å². The van der Waals surface area contributed by atoms with Gasteiger partial charge >= 0.3 is 0 Å². The second kappa shape index (κ2) is 8.87. The van der Waals surface area contributed by atoms with E-state index in [9.17, 15) is 13.2 Å². The summed E-state index contributed by atoms with van der Waals surface area (Å²) in [6, 6.07) is 15.1. The third kappa shape index (κ3) is 4.55. The number of likely N-dealkylation sites (tertiary alicyclic amines) is 1. The van der Waals surface area contributed by atoms with Crippen molar-refractivity contribution in [2.75, 3.05) is 13.1 Å². The first-order chi connectivity index (χ1) is 15.5. The Morgan fingerprint density at radius 2 is 1.91 bits per heavy atom. The van der Waals surface area contributed by atoms with Crippen LogP contribution in [0.25, 0.3) is 20.7 Å². The molecule has 1 fully saturated rings. The molecule has 0 atom stereocenters. The Hall–Kier alpha value is -2.37. The lowest BCUT2D eigenvalue weighted by molar-refractivity contribution is 0.196. The van der Waals surface area contributed by atoms with E-state index in [0.29, 0.717) is 34.8 Å². The Kier molecular flexibility index (Phi) is 5.95. The van der Waals surface area contributed by atoms with Crippen LogP contribution in [0.4, 0.5) is 0 Å². The van der Waals surface area contributed by atoms with E-state index in [0.717, 1.165) is 28.4 Å². The second-order valence-corrected chi connectivity index (χ2v) is 11.7. The number of thiophene rings is 2. The smallest absolute Gasteiger partial charge is 0.259 e. The molecule has 1 aliphatic rings. The van der Waals surface area contributed by atoms with Crippen molar-refractivity contribution in [3.63, 3.8) is 0 Å². The van der Waals surface area contributed by atoms with Crippen LogP contribution in [0.1, 0.15) is 18.7 Å². The van der Waals surface area contributed by atoms with Gasteiger partial charge in [0.15, 0.2) is 0 Å². The minimum atomic E-state index is -3.45. The molecule has 10 heteroatoms. The molecule has 166 valence electrons. The zero-order chi connectivity index (χ0) is 22.1. The molecule has 4 heterocycles. The van der Waals surface area contributed by atoms with Crippen LogP contribution < -0.4 is 10.3 Å². The van der Waals surface area contributed by atoms with Gasteiger partial charge in [-0.05, 0) is 35.9 Å². The van der Waals surface area contributed by atoms with E-state index in [1.54, 1.807) is 17.5 Å². The molecule has 0 radical (unpaired) electrons. The van der Waals surface area contributed by atoms with Crippen molar-refractivity contribution in [2.45, 2.75) is 29.6 Å². The number of H-pyrrole nitrogens is 1. The van der Waals surface area contributed by atoms with Gasteiger partial charge in [0, 0.05) is 24.0 Å². The summed E-state index contributed by atoms with van der Waals surface area (Å²) in [5, 5.41) is 2.37. The highest BCUT2D eigenvalue weighted by Gasteiger charge is 2.25. The summed E-state index contributed by atoms with van der Waals surface area (Å²) in [6.07, 6.45) is 1.43. The van der Waals surface area contributed by atoms with Gasteiger partial charge in [-0.1, -0.05) is 36.4 Å². The number of sulfonamides is 1. The summed E-state index contributed by atoms with van der Waals surface area (Å²) in [5.74, 6) is 0.640. The Morgan fingerprint density at radius 3 is 2.62 bits per heavy atom. The molecular formula is C22H22N4O3S3. The molecule has 1 aromatic carbocycles. The van der Waals surface area contributed by atoms with Crippen molar-refractivity contribution in [1.82, 2.24) is 19.6 Å². The van der Waals surface area contributed by atoms with E-state index in [1.807, 2.05) is 36.4 Å². The molecule has 5 rings (SSSR count). The molecule has 1 aliphatic heterocycles. The molecule has 4 aromatic rings. The molecule has 0 bridgehead atoms. The normalized spacial score (nSPS) is 16.0. The third-order valence-electron chi connectivity index (χ3n) is 5.55. The quantitative estimate of drug-likeness (QED) is 0.434. The molecule has 0 spiro atoms. The summed E-state index contributed by atoms with van der Waals surface area (Å²) >= 11 is 2.74. The van der Waals surface area contributed by atoms with Crippen molar-refractivity contribution in [3.8, 4) is 10.4 Å². The topological polar surface area (TPSA) is 95.2 Å². The first-order valence-electron chi connectivity index (χ1n) is 10.3. The first-order valence-corrected chi connectivity index (χ1v) is 13.5. The number of fused-ring (bicyclic) bond motifs is 1. The number of nitrogens with zero attached hydrogens (tertiary/aromatic N) is 2. The van der Waals surface area contributed by atoms with Crippen LogP contribution in [0, 0.1) is 0 Å². The average Bonchev–Trinajstić information content (AvgIpc) is 3.47. The lowest BCUT2D eigenvalue weighted by Crippen LogP contribution is -2.44. The van der Waals surface area contributed by atoms with Gasteiger partial charge in [0.2, 0.25) is 10.0 Å². The monoisotopic (exact) mass is 486 g/mol. The molecule has 0 unspecified atom stereocenters. The van der Waals surface area contributed by atoms with Crippen molar-refractivity contribution in [2.24, 2.45) is 0 Å². The first kappa shape index (κ1) is 21.5. The van der Waals surface area contributed by atoms with Gasteiger partial charge < -0.3 is 4.98 Å². The lowest BCUT2D eigenvalue weighted by Gasteiger charge is -2.31. The predicted molar refractivity (Wildman–Crippen MR) is 129 cm³/mol. The molecule has 0 aliphatic carbocycles. The highest BCUT2D eigenvalue weighted by atomic mass is 32.2. The number of benzene rings is 1. The number of aromatic nitrogens is 2. The minimum Gasteiger partial charge on any atom is -0.309 e. The van der Waals surface area contributed by atoms with Crippen molar-refractivity contribution < 1.29 is 8.42 Å². The van der Waals surface area contributed by atoms with Crippen molar-refractivity contribution in [1.29, 1.82) is 0 Å². The molecule has 3 aromatic heterocycles. The van der Waals surface area contributed by atoms with Crippen LogP contribution in [-0.2, 0) is 16.6 Å². The summed E-state index contributed by atoms with van der Waals surface area (Å²) in [4.78, 5) is 24.2. The van der Waals surface area contributed by atoms with Gasteiger partial charge in [0.25, 0.3) is 5.56 Å². The molecule has 32 heavy (non-hydrogen) atoms. The largest absolute Gasteiger partial charge is 0.309 e. The Labute approximate surface area is 193 Å². The SMILES string of the molecule is O=c1[nH]c(CN2CCC(NS(=O)(=O)c3cccs3)CC2)nc2sc(-c3ccccc3)cc12. The summed E-state index contributed by atoms with van der Waals surface area (Å²) in [6.45, 7) is 2.01. The zero-order valence-electron chi connectivity index (χ0n) is 17.2. The minimum absolute atomic E-state index is 0.0847. The Balaban J connectivity index is 1.25. The van der Waals surface area contributed by atoms with Crippen LogP contribution in [-0.4, -0.2) is 42.4 Å². The van der Waals surface area contributed by atoms with E-state index in [2.05, 4.69) is 14.6 Å². The highest BCUT2D eigenvalue weighted by molar-refractivity contribution is 7.91. The van der Waals surface area contributed by atoms with Crippen LogP contribution >= 0.6 is 22.7 Å². The second-order valence-electron chi connectivity index (χ2n) is 7.81. The number of hydrogen-bond donors (Lipinski definition) is 2. The van der Waals surface area contributed by atoms with E-state index < -0.39 is 10.0 Å². The van der Waals surface area contributed by atoms with Gasteiger partial charge in [-0.2, -0.15) is 0 Å². The maximum absolute atomic E-state index is 12.6. The van der Waals surface area contributed by atoms with Gasteiger partial charge in [0.05, 0.1) is 11.9 Å². The molecule has 7 nitrogen and oxygen atoms in total. The number of nitrogens with one attached hydrogen (secondary N) is 2. The van der Waals surface area contributed by atoms with E-state index >= 15 is 0 Å². The Morgan fingerprint density at radius 1 is 1.12 bits per heavy atom. The maximum atomic E-state index is 12.6. The predicted octanol–water partition coefficient (Wildman–Crippen LogP) is 3.66. The van der Waals surface area contributed by atoms with Crippen molar-refractivity contribution in [3.05, 3.63) is 70.1 Å². The lowest BCUT2D eigenvalue weighted by atomic mass is 10.1. The molecular weight excluding hydrogens is 464 g/mol. The highest BCUT2D eigenvalue weighted by Crippen LogP contribution is 2.30. The van der Waals surface area contributed by atoms with E-state index in [-0.39, 0.29) is 11.6 Å². The number of hydrogen-bond acceptors (Lipinski definition) is 7. The maximum Gasteiger partial charge on any atom is 0.259 e. The van der Waals surface area contributed by atoms with Crippen LogP contribution in [0.2, 0.25) is 0 Å². The summed E-state index contributed by atoms with van der Waals surface area (Å²) in [7, 11) is -3.45. The molecule has 0 saturated carbocycles. The van der Waals surface area contributed by atoms with Crippen LogP contribution in [0.3, 0.4) is 0 Å². The van der Waals surface area contributed by atoms with Crippen molar-refractivity contribution >= 4 is 42.9 Å². The third-order valence-corrected chi connectivity index (χ3v) is 9.55. The Bertz CT molecular complexity index is 1370. The molecule has 0 amide bonds. The van der Waals surface area contributed by atoms with Crippen LogP contribution in [0.5, 0.6) is 0 Å². The van der Waals surface area contributed by atoms with E-state index in [4.69, 9.17) is 4.98 Å². The van der Waals surface area contributed by atoms with E-state index in [1.165, 1.54) is 22.7 Å².